The summed E-state index contributed by atoms with van der Waals surface area (Å²) in [6, 6.07) is 9.48. The molecule has 2 aliphatic rings. The fraction of sp³-hybridized carbons (Fsp3) is 0.625. The van der Waals surface area contributed by atoms with E-state index in [0.29, 0.717) is 6.04 Å². The molecule has 0 amide bonds. The highest BCUT2D eigenvalue weighted by Crippen LogP contribution is 2.30. The van der Waals surface area contributed by atoms with Crippen LogP contribution in [-0.2, 0) is 6.54 Å². The van der Waals surface area contributed by atoms with Gasteiger partial charge < -0.3 is 10.2 Å². The molecule has 98 valence electrons. The molecule has 1 aromatic carbocycles. The Morgan fingerprint density at radius 1 is 1.22 bits per heavy atom. The first kappa shape index (κ1) is 12.0. The Morgan fingerprint density at radius 3 is 2.83 bits per heavy atom. The van der Waals surface area contributed by atoms with Crippen LogP contribution in [0.25, 0.3) is 0 Å². The summed E-state index contributed by atoms with van der Waals surface area (Å²) in [5, 5.41) is 3.61. The summed E-state index contributed by atoms with van der Waals surface area (Å²) in [5.41, 5.74) is 2.92. The number of anilines is 1. The third-order valence-electron chi connectivity index (χ3n) is 4.42. The maximum absolute atomic E-state index is 3.61. The summed E-state index contributed by atoms with van der Waals surface area (Å²) in [7, 11) is 0. The standard InChI is InChI=1S/C16H24N2/c1-13-11-18(12-14-6-2-3-7-14)16-9-5-4-8-15(16)10-17-13/h4-5,8-9,13-14,17H,2-3,6-7,10-12H2,1H3. The van der Waals surface area contributed by atoms with E-state index in [4.69, 9.17) is 0 Å². The van der Waals surface area contributed by atoms with Gasteiger partial charge in [-0.05, 0) is 37.3 Å². The van der Waals surface area contributed by atoms with Crippen molar-refractivity contribution in [3.8, 4) is 0 Å². The minimum atomic E-state index is 0.582. The number of hydrogen-bond acceptors (Lipinski definition) is 2. The topological polar surface area (TPSA) is 15.3 Å². The number of para-hydroxylation sites is 1. The second-order valence-corrected chi connectivity index (χ2v) is 5.97. The molecule has 1 aliphatic heterocycles. The van der Waals surface area contributed by atoms with Crippen molar-refractivity contribution in [3.63, 3.8) is 0 Å². The summed E-state index contributed by atoms with van der Waals surface area (Å²) < 4.78 is 0. The number of fused-ring (bicyclic) bond motifs is 1. The fourth-order valence-electron chi connectivity index (χ4n) is 3.42. The minimum Gasteiger partial charge on any atom is -0.369 e. The molecule has 1 aliphatic carbocycles. The molecule has 1 fully saturated rings. The first-order valence-corrected chi connectivity index (χ1v) is 7.39. The van der Waals surface area contributed by atoms with Crippen LogP contribution in [0.2, 0.25) is 0 Å². The first-order valence-electron chi connectivity index (χ1n) is 7.39. The lowest BCUT2D eigenvalue weighted by Crippen LogP contribution is -2.38. The van der Waals surface area contributed by atoms with Crippen molar-refractivity contribution in [2.45, 2.75) is 45.2 Å². The number of nitrogens with zero attached hydrogens (tertiary/aromatic N) is 1. The molecule has 2 heteroatoms. The Morgan fingerprint density at radius 2 is 2.00 bits per heavy atom. The average Bonchev–Trinajstić information content (AvgIpc) is 2.83. The van der Waals surface area contributed by atoms with Gasteiger partial charge in [0.05, 0.1) is 0 Å². The molecule has 1 heterocycles. The lowest BCUT2D eigenvalue weighted by atomic mass is 10.1. The zero-order valence-corrected chi connectivity index (χ0v) is 11.4. The lowest BCUT2D eigenvalue weighted by Gasteiger charge is -2.29. The maximum Gasteiger partial charge on any atom is 0.0412 e. The quantitative estimate of drug-likeness (QED) is 0.859. The smallest absolute Gasteiger partial charge is 0.0412 e. The average molecular weight is 244 g/mol. The highest BCUT2D eigenvalue weighted by Gasteiger charge is 2.23. The summed E-state index contributed by atoms with van der Waals surface area (Å²) in [4.78, 5) is 2.62. The number of rotatable bonds is 2. The Balaban J connectivity index is 1.81. The van der Waals surface area contributed by atoms with Gasteiger partial charge in [0.2, 0.25) is 0 Å². The van der Waals surface area contributed by atoms with Gasteiger partial charge in [0, 0.05) is 31.4 Å². The third kappa shape index (κ3) is 2.54. The third-order valence-corrected chi connectivity index (χ3v) is 4.42. The van der Waals surface area contributed by atoms with Crippen LogP contribution in [0.1, 0.15) is 38.2 Å². The van der Waals surface area contributed by atoms with Crippen molar-refractivity contribution in [1.29, 1.82) is 0 Å². The summed E-state index contributed by atoms with van der Waals surface area (Å²) in [6.45, 7) is 5.71. The molecule has 0 aromatic heterocycles. The number of nitrogens with one attached hydrogen (secondary N) is 1. The van der Waals surface area contributed by atoms with Crippen molar-refractivity contribution < 1.29 is 0 Å². The molecule has 3 rings (SSSR count). The molecular formula is C16H24N2. The monoisotopic (exact) mass is 244 g/mol. The molecule has 1 unspecified atom stereocenters. The molecule has 0 saturated heterocycles. The zero-order chi connectivity index (χ0) is 12.4. The molecule has 1 saturated carbocycles. The van der Waals surface area contributed by atoms with Crippen molar-refractivity contribution in [2.75, 3.05) is 18.0 Å². The maximum atomic E-state index is 3.61. The number of benzene rings is 1. The van der Waals surface area contributed by atoms with Crippen LogP contribution >= 0.6 is 0 Å². The van der Waals surface area contributed by atoms with Gasteiger partial charge in [-0.3, -0.25) is 0 Å². The Labute approximate surface area is 110 Å². The molecule has 18 heavy (non-hydrogen) atoms. The molecule has 0 spiro atoms. The summed E-state index contributed by atoms with van der Waals surface area (Å²) >= 11 is 0. The van der Waals surface area contributed by atoms with E-state index in [0.717, 1.165) is 19.0 Å². The van der Waals surface area contributed by atoms with E-state index < -0.39 is 0 Å². The fourth-order valence-corrected chi connectivity index (χ4v) is 3.42. The minimum absolute atomic E-state index is 0.582. The van der Waals surface area contributed by atoms with E-state index in [-0.39, 0.29) is 0 Å². The molecule has 1 atom stereocenters. The van der Waals surface area contributed by atoms with Crippen LogP contribution in [0.15, 0.2) is 24.3 Å². The van der Waals surface area contributed by atoms with Crippen LogP contribution in [0.3, 0.4) is 0 Å². The van der Waals surface area contributed by atoms with E-state index in [2.05, 4.69) is 41.4 Å². The van der Waals surface area contributed by atoms with Gasteiger partial charge in [0.25, 0.3) is 0 Å². The highest BCUT2D eigenvalue weighted by molar-refractivity contribution is 5.54. The highest BCUT2D eigenvalue weighted by atomic mass is 15.2. The lowest BCUT2D eigenvalue weighted by molar-refractivity contribution is 0.499. The van der Waals surface area contributed by atoms with Crippen LogP contribution in [0, 0.1) is 5.92 Å². The molecule has 0 bridgehead atoms. The van der Waals surface area contributed by atoms with Crippen LogP contribution in [0.5, 0.6) is 0 Å². The van der Waals surface area contributed by atoms with Crippen molar-refractivity contribution in [3.05, 3.63) is 29.8 Å². The second kappa shape index (κ2) is 5.31. The van der Waals surface area contributed by atoms with Gasteiger partial charge in [-0.2, -0.15) is 0 Å². The second-order valence-electron chi connectivity index (χ2n) is 5.97. The molecular weight excluding hydrogens is 220 g/mol. The predicted molar refractivity (Wildman–Crippen MR) is 76.9 cm³/mol. The van der Waals surface area contributed by atoms with Gasteiger partial charge >= 0.3 is 0 Å². The van der Waals surface area contributed by atoms with E-state index in [9.17, 15) is 0 Å². The van der Waals surface area contributed by atoms with Gasteiger partial charge in [-0.15, -0.1) is 0 Å². The zero-order valence-electron chi connectivity index (χ0n) is 11.4. The van der Waals surface area contributed by atoms with Crippen molar-refractivity contribution >= 4 is 5.69 Å². The van der Waals surface area contributed by atoms with E-state index in [1.165, 1.54) is 43.5 Å². The molecule has 2 nitrogen and oxygen atoms in total. The Kier molecular flexibility index (Phi) is 3.55. The molecule has 1 aromatic rings. The Bertz CT molecular complexity index is 396. The first-order chi connectivity index (χ1) is 8.83. The van der Waals surface area contributed by atoms with Gasteiger partial charge in [0.1, 0.15) is 0 Å². The van der Waals surface area contributed by atoms with Crippen molar-refractivity contribution in [2.24, 2.45) is 5.92 Å². The van der Waals surface area contributed by atoms with E-state index >= 15 is 0 Å². The molecule has 0 radical (unpaired) electrons. The van der Waals surface area contributed by atoms with Crippen LogP contribution in [-0.4, -0.2) is 19.1 Å². The number of hydrogen-bond donors (Lipinski definition) is 1. The van der Waals surface area contributed by atoms with E-state index in [1.807, 2.05) is 0 Å². The summed E-state index contributed by atoms with van der Waals surface area (Å²) in [5.74, 6) is 0.920. The largest absolute Gasteiger partial charge is 0.369 e. The SMILES string of the molecule is CC1CN(CC2CCCC2)c2ccccc2CN1. The van der Waals surface area contributed by atoms with E-state index in [1.54, 1.807) is 0 Å². The summed E-state index contributed by atoms with van der Waals surface area (Å²) in [6.07, 6.45) is 5.74. The normalized spacial score (nSPS) is 24.9. The van der Waals surface area contributed by atoms with Crippen molar-refractivity contribution in [1.82, 2.24) is 5.32 Å². The predicted octanol–water partition coefficient (Wildman–Crippen LogP) is 3.17. The van der Waals surface area contributed by atoms with Gasteiger partial charge in [-0.1, -0.05) is 31.0 Å². The van der Waals surface area contributed by atoms with Crippen LogP contribution < -0.4 is 10.2 Å². The van der Waals surface area contributed by atoms with Gasteiger partial charge in [-0.25, -0.2) is 0 Å². The molecule has 1 N–H and O–H groups in total. The van der Waals surface area contributed by atoms with Crippen LogP contribution in [0.4, 0.5) is 5.69 Å². The Hall–Kier alpha value is -1.02. The van der Waals surface area contributed by atoms with Gasteiger partial charge in [0.15, 0.2) is 0 Å².